The molecular weight excluding hydrogens is 288 g/mol. The van der Waals surface area contributed by atoms with Crippen molar-refractivity contribution in [2.75, 3.05) is 0 Å². The third-order valence-corrected chi connectivity index (χ3v) is 3.63. The van der Waals surface area contributed by atoms with Gasteiger partial charge >= 0.3 is 0 Å². The maximum absolute atomic E-state index is 5.95. The van der Waals surface area contributed by atoms with Crippen LogP contribution >= 0.6 is 15.9 Å². The predicted molar refractivity (Wildman–Crippen MR) is 79.8 cm³/mol. The van der Waals surface area contributed by atoms with Gasteiger partial charge in [0.2, 0.25) is 0 Å². The van der Waals surface area contributed by atoms with E-state index in [0.29, 0.717) is 0 Å². The van der Waals surface area contributed by atoms with E-state index in [1.54, 1.807) is 0 Å². The molecular formula is C16H17BrO. The summed E-state index contributed by atoms with van der Waals surface area (Å²) < 4.78 is 5.95. The Morgan fingerprint density at radius 3 is 2.39 bits per heavy atom. The van der Waals surface area contributed by atoms with Gasteiger partial charge in [0.15, 0.2) is 0 Å². The first kappa shape index (κ1) is 13.2. The van der Waals surface area contributed by atoms with Crippen molar-refractivity contribution >= 4 is 15.9 Å². The zero-order chi connectivity index (χ0) is 13.1. The lowest BCUT2D eigenvalue weighted by Crippen LogP contribution is -1.91. The molecule has 94 valence electrons. The van der Waals surface area contributed by atoms with Gasteiger partial charge in [-0.2, -0.15) is 0 Å². The molecule has 0 heterocycles. The molecule has 0 saturated heterocycles. The molecule has 0 atom stereocenters. The SMILES string of the molecule is Cc1ccc(C)c(Oc2ccc(CBr)c(C)c2)c1. The smallest absolute Gasteiger partial charge is 0.130 e. The van der Waals surface area contributed by atoms with E-state index in [1.165, 1.54) is 16.7 Å². The van der Waals surface area contributed by atoms with E-state index in [2.05, 4.69) is 67.0 Å². The highest BCUT2D eigenvalue weighted by Crippen LogP contribution is 2.27. The highest BCUT2D eigenvalue weighted by molar-refractivity contribution is 9.08. The van der Waals surface area contributed by atoms with Crippen molar-refractivity contribution in [2.45, 2.75) is 26.1 Å². The van der Waals surface area contributed by atoms with E-state index in [1.807, 2.05) is 6.07 Å². The summed E-state index contributed by atoms with van der Waals surface area (Å²) in [5, 5.41) is 0.878. The van der Waals surface area contributed by atoms with Gasteiger partial charge in [0.1, 0.15) is 11.5 Å². The van der Waals surface area contributed by atoms with Crippen LogP contribution in [0.25, 0.3) is 0 Å². The maximum atomic E-state index is 5.95. The van der Waals surface area contributed by atoms with E-state index >= 15 is 0 Å². The number of hydrogen-bond donors (Lipinski definition) is 0. The quantitative estimate of drug-likeness (QED) is 0.699. The lowest BCUT2D eigenvalue weighted by atomic mass is 10.1. The van der Waals surface area contributed by atoms with Crippen LogP contribution in [-0.2, 0) is 5.33 Å². The number of benzene rings is 2. The van der Waals surface area contributed by atoms with Crippen LogP contribution in [0.3, 0.4) is 0 Å². The van der Waals surface area contributed by atoms with Crippen LogP contribution in [0, 0.1) is 20.8 Å². The fraction of sp³-hybridized carbons (Fsp3) is 0.250. The zero-order valence-electron chi connectivity index (χ0n) is 11.0. The summed E-state index contributed by atoms with van der Waals surface area (Å²) in [4.78, 5) is 0. The van der Waals surface area contributed by atoms with Crippen molar-refractivity contribution in [2.24, 2.45) is 0 Å². The molecule has 0 N–H and O–H groups in total. The van der Waals surface area contributed by atoms with Gasteiger partial charge in [-0.3, -0.25) is 0 Å². The number of alkyl halides is 1. The molecule has 0 aliphatic rings. The average Bonchev–Trinajstić information content (AvgIpc) is 2.34. The third kappa shape index (κ3) is 2.94. The highest BCUT2D eigenvalue weighted by atomic mass is 79.9. The Balaban J connectivity index is 2.28. The average molecular weight is 305 g/mol. The molecule has 2 heteroatoms. The van der Waals surface area contributed by atoms with E-state index in [0.717, 1.165) is 22.4 Å². The molecule has 1 nitrogen and oxygen atoms in total. The van der Waals surface area contributed by atoms with Gasteiger partial charge in [-0.05, 0) is 61.2 Å². The second kappa shape index (κ2) is 5.57. The van der Waals surface area contributed by atoms with E-state index < -0.39 is 0 Å². The number of ether oxygens (including phenoxy) is 1. The lowest BCUT2D eigenvalue weighted by molar-refractivity contribution is 0.478. The van der Waals surface area contributed by atoms with Crippen LogP contribution in [0.2, 0.25) is 0 Å². The summed E-state index contributed by atoms with van der Waals surface area (Å²) in [6, 6.07) is 12.5. The minimum Gasteiger partial charge on any atom is -0.457 e. The lowest BCUT2D eigenvalue weighted by Gasteiger charge is -2.11. The number of halogens is 1. The summed E-state index contributed by atoms with van der Waals surface area (Å²) in [6.45, 7) is 6.24. The fourth-order valence-electron chi connectivity index (χ4n) is 1.83. The summed E-state index contributed by atoms with van der Waals surface area (Å²) >= 11 is 3.48. The van der Waals surface area contributed by atoms with Crippen LogP contribution in [0.5, 0.6) is 11.5 Å². The normalized spacial score (nSPS) is 10.4. The van der Waals surface area contributed by atoms with E-state index in [4.69, 9.17) is 4.74 Å². The molecule has 0 unspecified atom stereocenters. The first-order valence-electron chi connectivity index (χ1n) is 6.01. The minimum absolute atomic E-state index is 0.878. The van der Waals surface area contributed by atoms with Gasteiger partial charge in [0.05, 0.1) is 0 Å². The molecule has 0 amide bonds. The van der Waals surface area contributed by atoms with Crippen LogP contribution in [0.1, 0.15) is 22.3 Å². The van der Waals surface area contributed by atoms with Gasteiger partial charge in [0, 0.05) is 5.33 Å². The Morgan fingerprint density at radius 1 is 0.944 bits per heavy atom. The summed E-state index contributed by atoms with van der Waals surface area (Å²) in [6.07, 6.45) is 0. The second-order valence-corrected chi connectivity index (χ2v) is 5.15. The predicted octanol–water partition coefficient (Wildman–Crippen LogP) is 5.30. The van der Waals surface area contributed by atoms with Crippen molar-refractivity contribution in [3.63, 3.8) is 0 Å². The molecule has 0 bridgehead atoms. The maximum Gasteiger partial charge on any atom is 0.130 e. The number of hydrogen-bond acceptors (Lipinski definition) is 1. The van der Waals surface area contributed by atoms with Crippen molar-refractivity contribution in [1.29, 1.82) is 0 Å². The molecule has 0 aliphatic carbocycles. The monoisotopic (exact) mass is 304 g/mol. The van der Waals surface area contributed by atoms with E-state index in [9.17, 15) is 0 Å². The second-order valence-electron chi connectivity index (χ2n) is 4.59. The third-order valence-electron chi connectivity index (χ3n) is 3.03. The molecule has 0 radical (unpaired) electrons. The van der Waals surface area contributed by atoms with Gasteiger partial charge in [-0.15, -0.1) is 0 Å². The Bertz CT molecular complexity index is 561. The Morgan fingerprint density at radius 2 is 1.72 bits per heavy atom. The standard InChI is InChI=1S/C16H17BrO/c1-11-4-5-12(2)16(8-11)18-15-7-6-14(10-17)13(3)9-15/h4-9H,10H2,1-3H3. The Hall–Kier alpha value is -1.28. The molecule has 0 spiro atoms. The minimum atomic E-state index is 0.878. The van der Waals surface area contributed by atoms with Crippen molar-refractivity contribution in [3.8, 4) is 11.5 Å². The van der Waals surface area contributed by atoms with Crippen molar-refractivity contribution < 1.29 is 4.74 Å². The van der Waals surface area contributed by atoms with Gasteiger partial charge in [0.25, 0.3) is 0 Å². The molecule has 0 aliphatic heterocycles. The highest BCUT2D eigenvalue weighted by Gasteiger charge is 2.04. The summed E-state index contributed by atoms with van der Waals surface area (Å²) in [7, 11) is 0. The number of aryl methyl sites for hydroxylation is 3. The Labute approximate surface area is 117 Å². The van der Waals surface area contributed by atoms with Gasteiger partial charge in [-0.1, -0.05) is 34.1 Å². The molecule has 0 saturated carbocycles. The fourth-order valence-corrected chi connectivity index (χ4v) is 2.46. The molecule has 2 rings (SSSR count). The zero-order valence-corrected chi connectivity index (χ0v) is 12.5. The largest absolute Gasteiger partial charge is 0.457 e. The molecule has 0 aromatic heterocycles. The van der Waals surface area contributed by atoms with Crippen LogP contribution in [0.15, 0.2) is 36.4 Å². The van der Waals surface area contributed by atoms with E-state index in [-0.39, 0.29) is 0 Å². The molecule has 18 heavy (non-hydrogen) atoms. The Kier molecular flexibility index (Phi) is 4.07. The van der Waals surface area contributed by atoms with Crippen LogP contribution in [-0.4, -0.2) is 0 Å². The number of rotatable bonds is 3. The molecule has 2 aromatic rings. The molecule has 0 fully saturated rings. The summed E-state index contributed by atoms with van der Waals surface area (Å²) in [5.41, 5.74) is 4.91. The topological polar surface area (TPSA) is 9.23 Å². The van der Waals surface area contributed by atoms with Crippen molar-refractivity contribution in [1.82, 2.24) is 0 Å². The van der Waals surface area contributed by atoms with Gasteiger partial charge < -0.3 is 4.74 Å². The first-order valence-corrected chi connectivity index (χ1v) is 7.13. The van der Waals surface area contributed by atoms with Crippen LogP contribution < -0.4 is 4.74 Å². The van der Waals surface area contributed by atoms with Crippen LogP contribution in [0.4, 0.5) is 0 Å². The molecule has 2 aromatic carbocycles. The summed E-state index contributed by atoms with van der Waals surface area (Å²) in [5.74, 6) is 1.83. The van der Waals surface area contributed by atoms with Crippen molar-refractivity contribution in [3.05, 3.63) is 58.7 Å². The van der Waals surface area contributed by atoms with Gasteiger partial charge in [-0.25, -0.2) is 0 Å². The first-order chi connectivity index (χ1) is 8.60.